The minimum atomic E-state index is -1.00. The van der Waals surface area contributed by atoms with Crippen molar-refractivity contribution in [2.75, 3.05) is 0 Å². The average Bonchev–Trinajstić information content (AvgIpc) is 2.47. The molecule has 0 amide bonds. The first-order valence-electron chi connectivity index (χ1n) is 12.6. The van der Waals surface area contributed by atoms with Gasteiger partial charge in [-0.15, -0.1) is 0 Å². The van der Waals surface area contributed by atoms with Gasteiger partial charge in [-0.25, -0.2) is 0 Å². The summed E-state index contributed by atoms with van der Waals surface area (Å²) < 4.78 is 0. The molecular weight excluding hydrogens is 392 g/mol. The van der Waals surface area contributed by atoms with Crippen LogP contribution in [0.25, 0.3) is 0 Å². The molecule has 0 aromatic heterocycles. The maximum Gasteiger partial charge on any atom is 0.123 e. The Labute approximate surface area is 202 Å². The Balaban J connectivity index is 0. The molecule has 0 aliphatic heterocycles. The van der Waals surface area contributed by atoms with Gasteiger partial charge >= 0.3 is 0 Å². The van der Waals surface area contributed by atoms with Crippen molar-refractivity contribution in [2.24, 2.45) is 34.5 Å². The van der Waals surface area contributed by atoms with Crippen molar-refractivity contribution in [3.8, 4) is 23.7 Å². The Hall–Kier alpha value is -0.960. The van der Waals surface area contributed by atoms with E-state index in [0.29, 0.717) is 24.7 Å². The standard InChI is InChI=1S/C16H30.C14H26O2/c1-13(2)11-15(5,6)9-10-16(7,8)12-14(3)4;1-11(2)9-13(5,15)7-8-14(6,16)10-12(3)4/h13-14H,11-12H2,1-8H3;11-12,15-16H,9-10H2,1-6H3. The minimum absolute atomic E-state index is 0.155. The topological polar surface area (TPSA) is 40.5 Å². The lowest BCUT2D eigenvalue weighted by Gasteiger charge is -2.23. The molecule has 0 radical (unpaired) electrons. The Kier molecular flexibility index (Phi) is 14.2. The lowest BCUT2D eigenvalue weighted by molar-refractivity contribution is 0.0859. The number of hydrogen-bond acceptors (Lipinski definition) is 2. The van der Waals surface area contributed by atoms with Crippen molar-refractivity contribution >= 4 is 0 Å². The summed E-state index contributed by atoms with van der Waals surface area (Å²) in [7, 11) is 0. The zero-order valence-corrected chi connectivity index (χ0v) is 24.0. The van der Waals surface area contributed by atoms with Crippen molar-refractivity contribution in [2.45, 2.75) is 134 Å². The second-order valence-corrected chi connectivity index (χ2v) is 13.2. The third kappa shape index (κ3) is 20.9. The van der Waals surface area contributed by atoms with E-state index in [-0.39, 0.29) is 10.8 Å². The first-order valence-corrected chi connectivity index (χ1v) is 12.6. The van der Waals surface area contributed by atoms with Crippen LogP contribution in [0.3, 0.4) is 0 Å². The SMILES string of the molecule is CC(C)CC(C)(C)C#CC(C)(C)CC(C)C.CC(C)CC(C)(O)C#CC(C)(O)CC(C)C. The Morgan fingerprint density at radius 2 is 0.656 bits per heavy atom. The van der Waals surface area contributed by atoms with Crippen LogP contribution in [0.2, 0.25) is 0 Å². The highest BCUT2D eigenvalue weighted by Gasteiger charge is 2.23. The van der Waals surface area contributed by atoms with Crippen LogP contribution in [-0.2, 0) is 0 Å². The van der Waals surface area contributed by atoms with Crippen LogP contribution in [0.15, 0.2) is 0 Å². The Morgan fingerprint density at radius 1 is 0.438 bits per heavy atom. The molecule has 0 aliphatic rings. The molecule has 0 bridgehead atoms. The normalized spacial score (nSPS) is 15.9. The van der Waals surface area contributed by atoms with Gasteiger partial charge in [-0.3, -0.25) is 0 Å². The number of aliphatic hydroxyl groups is 2. The summed E-state index contributed by atoms with van der Waals surface area (Å²) >= 11 is 0. The second kappa shape index (κ2) is 13.7. The predicted molar refractivity (Wildman–Crippen MR) is 142 cm³/mol. The predicted octanol–water partition coefficient (Wildman–Crippen LogP) is 7.72. The second-order valence-electron chi connectivity index (χ2n) is 13.2. The van der Waals surface area contributed by atoms with Crippen LogP contribution in [0.4, 0.5) is 0 Å². The van der Waals surface area contributed by atoms with Gasteiger partial charge in [0, 0.05) is 10.8 Å². The molecule has 0 spiro atoms. The Bertz CT molecular complexity index is 528. The van der Waals surface area contributed by atoms with Crippen molar-refractivity contribution in [3.63, 3.8) is 0 Å². The van der Waals surface area contributed by atoms with Crippen molar-refractivity contribution in [1.82, 2.24) is 0 Å². The van der Waals surface area contributed by atoms with Gasteiger partial charge in [-0.05, 0) is 90.9 Å². The maximum atomic E-state index is 10.00. The molecule has 0 aromatic carbocycles. The maximum absolute atomic E-state index is 10.00. The van der Waals surface area contributed by atoms with E-state index in [1.807, 2.05) is 27.7 Å². The van der Waals surface area contributed by atoms with Crippen molar-refractivity contribution in [3.05, 3.63) is 0 Å². The highest BCUT2D eigenvalue weighted by molar-refractivity contribution is 5.19. The van der Waals surface area contributed by atoms with Crippen LogP contribution < -0.4 is 0 Å². The van der Waals surface area contributed by atoms with E-state index >= 15 is 0 Å². The molecule has 0 aliphatic carbocycles. The van der Waals surface area contributed by atoms with Gasteiger partial charge in [-0.1, -0.05) is 79.1 Å². The van der Waals surface area contributed by atoms with E-state index in [1.165, 1.54) is 12.8 Å². The van der Waals surface area contributed by atoms with Gasteiger partial charge in [0.2, 0.25) is 0 Å². The Morgan fingerprint density at radius 3 is 0.844 bits per heavy atom. The molecule has 0 rings (SSSR count). The zero-order chi connectivity index (χ0) is 26.0. The van der Waals surface area contributed by atoms with E-state index < -0.39 is 11.2 Å². The van der Waals surface area contributed by atoms with E-state index in [1.54, 1.807) is 13.8 Å². The lowest BCUT2D eigenvalue weighted by Crippen LogP contribution is -2.28. The summed E-state index contributed by atoms with van der Waals surface area (Å²) in [5.74, 6) is 14.8. The molecule has 188 valence electrons. The highest BCUT2D eigenvalue weighted by atomic mass is 16.3. The van der Waals surface area contributed by atoms with Crippen LogP contribution in [0.5, 0.6) is 0 Å². The highest BCUT2D eigenvalue weighted by Crippen LogP contribution is 2.28. The average molecular weight is 449 g/mol. The summed E-state index contributed by atoms with van der Waals surface area (Å²) in [5.41, 5.74) is -1.70. The van der Waals surface area contributed by atoms with E-state index in [0.717, 1.165) is 11.8 Å². The lowest BCUT2D eigenvalue weighted by atomic mass is 9.80. The smallest absolute Gasteiger partial charge is 0.123 e. The molecule has 0 aromatic rings. The fourth-order valence-corrected chi connectivity index (χ4v) is 4.44. The third-order valence-electron chi connectivity index (χ3n) is 4.79. The summed E-state index contributed by atoms with van der Waals surface area (Å²) in [4.78, 5) is 0. The molecular formula is C30H56O2. The summed E-state index contributed by atoms with van der Waals surface area (Å²) in [5, 5.41) is 20.0. The molecule has 32 heavy (non-hydrogen) atoms. The molecule has 2 unspecified atom stereocenters. The molecule has 2 nitrogen and oxygen atoms in total. The third-order valence-corrected chi connectivity index (χ3v) is 4.79. The van der Waals surface area contributed by atoms with Gasteiger partial charge in [-0.2, -0.15) is 0 Å². The first-order chi connectivity index (χ1) is 14.1. The fourth-order valence-electron chi connectivity index (χ4n) is 4.44. The molecule has 0 saturated heterocycles. The summed E-state index contributed by atoms with van der Waals surface area (Å²) in [6.07, 6.45) is 3.60. The molecule has 2 N–H and O–H groups in total. The molecule has 0 heterocycles. The van der Waals surface area contributed by atoms with Gasteiger partial charge in [0.15, 0.2) is 0 Å². The van der Waals surface area contributed by atoms with Gasteiger partial charge in [0.1, 0.15) is 11.2 Å². The van der Waals surface area contributed by atoms with Gasteiger partial charge in [0.25, 0.3) is 0 Å². The van der Waals surface area contributed by atoms with E-state index in [2.05, 4.69) is 79.1 Å². The molecule has 0 saturated carbocycles. The zero-order valence-electron chi connectivity index (χ0n) is 24.0. The van der Waals surface area contributed by atoms with Crippen LogP contribution in [0, 0.1) is 58.2 Å². The minimum Gasteiger partial charge on any atom is -0.378 e. The molecule has 2 heteroatoms. The van der Waals surface area contributed by atoms with Crippen molar-refractivity contribution in [1.29, 1.82) is 0 Å². The number of hydrogen-bond donors (Lipinski definition) is 2. The van der Waals surface area contributed by atoms with Gasteiger partial charge < -0.3 is 10.2 Å². The van der Waals surface area contributed by atoms with Crippen molar-refractivity contribution < 1.29 is 10.2 Å². The number of rotatable bonds is 8. The van der Waals surface area contributed by atoms with Gasteiger partial charge in [0.05, 0.1) is 0 Å². The quantitative estimate of drug-likeness (QED) is 0.373. The molecule has 2 atom stereocenters. The van der Waals surface area contributed by atoms with Crippen LogP contribution in [-0.4, -0.2) is 21.4 Å². The van der Waals surface area contributed by atoms with Crippen LogP contribution in [0.1, 0.15) is 123 Å². The summed E-state index contributed by atoms with van der Waals surface area (Å²) in [6, 6.07) is 0. The van der Waals surface area contributed by atoms with E-state index in [9.17, 15) is 10.2 Å². The first kappa shape index (κ1) is 33.2. The largest absolute Gasteiger partial charge is 0.378 e. The fraction of sp³-hybridized carbons (Fsp3) is 0.867. The van der Waals surface area contributed by atoms with E-state index in [4.69, 9.17) is 0 Å². The monoisotopic (exact) mass is 448 g/mol. The van der Waals surface area contributed by atoms with Crippen LogP contribution >= 0.6 is 0 Å². The molecule has 0 fully saturated rings. The summed E-state index contributed by atoms with van der Waals surface area (Å²) in [6.45, 7) is 29.7.